The summed E-state index contributed by atoms with van der Waals surface area (Å²) in [5.74, 6) is 0.397. The van der Waals surface area contributed by atoms with Gasteiger partial charge in [-0.3, -0.25) is 0 Å². The molecule has 0 spiro atoms. The van der Waals surface area contributed by atoms with E-state index in [-0.39, 0.29) is 6.09 Å². The van der Waals surface area contributed by atoms with E-state index in [1.165, 1.54) is 0 Å². The highest BCUT2D eigenvalue weighted by molar-refractivity contribution is 5.67. The van der Waals surface area contributed by atoms with Crippen molar-refractivity contribution in [1.82, 2.24) is 10.2 Å². The van der Waals surface area contributed by atoms with Gasteiger partial charge >= 0.3 is 6.09 Å². The van der Waals surface area contributed by atoms with Crippen LogP contribution in [0.5, 0.6) is 0 Å². The quantitative estimate of drug-likeness (QED) is 0.813. The zero-order valence-electron chi connectivity index (χ0n) is 13.7. The second kappa shape index (κ2) is 7.27. The van der Waals surface area contributed by atoms with Crippen LogP contribution < -0.4 is 5.32 Å². The minimum Gasteiger partial charge on any atom is -0.444 e. The maximum Gasteiger partial charge on any atom is 0.410 e. The van der Waals surface area contributed by atoms with Crippen LogP contribution in [0.15, 0.2) is 0 Å². The van der Waals surface area contributed by atoms with E-state index in [0.717, 1.165) is 19.4 Å². The lowest BCUT2D eigenvalue weighted by Gasteiger charge is -2.35. The number of hydrogen-bond donors (Lipinski definition) is 1. The van der Waals surface area contributed by atoms with E-state index in [9.17, 15) is 4.79 Å². The SMILES string of the molecule is COC1CC(NCC(C)CN(C)C(=O)OC(C)(C)C)C1. The van der Waals surface area contributed by atoms with Gasteiger partial charge in [-0.2, -0.15) is 0 Å². The molecule has 0 saturated heterocycles. The van der Waals surface area contributed by atoms with Gasteiger partial charge in [-0.25, -0.2) is 4.79 Å². The van der Waals surface area contributed by atoms with Gasteiger partial charge in [0.05, 0.1) is 6.10 Å². The highest BCUT2D eigenvalue weighted by atomic mass is 16.6. The number of carbonyl (C=O) groups is 1. The van der Waals surface area contributed by atoms with E-state index >= 15 is 0 Å². The first kappa shape index (κ1) is 17.2. The summed E-state index contributed by atoms with van der Waals surface area (Å²) in [6.45, 7) is 9.39. The van der Waals surface area contributed by atoms with Gasteiger partial charge in [-0.15, -0.1) is 0 Å². The minimum absolute atomic E-state index is 0.257. The molecule has 0 aromatic carbocycles. The van der Waals surface area contributed by atoms with Gasteiger partial charge in [0.15, 0.2) is 0 Å². The van der Waals surface area contributed by atoms with Gasteiger partial charge in [0.25, 0.3) is 0 Å². The monoisotopic (exact) mass is 286 g/mol. The third kappa shape index (κ3) is 6.09. The topological polar surface area (TPSA) is 50.8 Å². The molecule has 1 N–H and O–H groups in total. The van der Waals surface area contributed by atoms with Gasteiger partial charge in [0.2, 0.25) is 0 Å². The van der Waals surface area contributed by atoms with Gasteiger partial charge in [0.1, 0.15) is 5.60 Å². The number of methoxy groups -OCH3 is 1. The van der Waals surface area contributed by atoms with Crippen molar-refractivity contribution in [2.75, 3.05) is 27.2 Å². The van der Waals surface area contributed by atoms with Crippen molar-refractivity contribution in [3.63, 3.8) is 0 Å². The van der Waals surface area contributed by atoms with Gasteiger partial charge < -0.3 is 19.7 Å². The molecule has 1 amide bonds. The summed E-state index contributed by atoms with van der Waals surface area (Å²) in [6, 6.07) is 0.564. The number of nitrogens with one attached hydrogen (secondary N) is 1. The number of hydrogen-bond acceptors (Lipinski definition) is 4. The summed E-state index contributed by atoms with van der Waals surface area (Å²) in [7, 11) is 3.55. The van der Waals surface area contributed by atoms with Crippen LogP contribution in [0, 0.1) is 5.92 Å². The molecule has 0 radical (unpaired) electrons. The molecule has 0 heterocycles. The summed E-state index contributed by atoms with van der Waals surface area (Å²) in [5, 5.41) is 3.52. The second-order valence-electron chi connectivity index (χ2n) is 6.90. The Morgan fingerprint density at radius 2 is 2.00 bits per heavy atom. The lowest BCUT2D eigenvalue weighted by atomic mass is 9.89. The maximum absolute atomic E-state index is 11.8. The van der Waals surface area contributed by atoms with Crippen LogP contribution in [0.3, 0.4) is 0 Å². The Morgan fingerprint density at radius 1 is 1.40 bits per heavy atom. The minimum atomic E-state index is -0.437. The molecular formula is C15H30N2O3. The fourth-order valence-corrected chi connectivity index (χ4v) is 2.24. The number of amides is 1. The van der Waals surface area contributed by atoms with Crippen LogP contribution in [0.2, 0.25) is 0 Å². The third-order valence-electron chi connectivity index (χ3n) is 3.47. The summed E-state index contributed by atoms with van der Waals surface area (Å²) >= 11 is 0. The second-order valence-corrected chi connectivity index (χ2v) is 6.90. The Bertz CT molecular complexity index is 309. The fourth-order valence-electron chi connectivity index (χ4n) is 2.24. The van der Waals surface area contributed by atoms with E-state index < -0.39 is 5.60 Å². The van der Waals surface area contributed by atoms with Crippen molar-refractivity contribution in [2.45, 2.75) is 58.3 Å². The average molecular weight is 286 g/mol. The summed E-state index contributed by atoms with van der Waals surface area (Å²) in [6.07, 6.45) is 2.34. The lowest BCUT2D eigenvalue weighted by molar-refractivity contribution is 0.0153. The molecule has 1 rings (SSSR count). The molecule has 0 aromatic rings. The predicted molar refractivity (Wildman–Crippen MR) is 79.8 cm³/mol. The van der Waals surface area contributed by atoms with Crippen LogP contribution in [0.25, 0.3) is 0 Å². The molecule has 20 heavy (non-hydrogen) atoms. The molecule has 0 aromatic heterocycles. The highest BCUT2D eigenvalue weighted by Crippen LogP contribution is 2.22. The maximum atomic E-state index is 11.8. The normalized spacial score (nSPS) is 23.9. The van der Waals surface area contributed by atoms with E-state index in [2.05, 4.69) is 12.2 Å². The lowest BCUT2D eigenvalue weighted by Crippen LogP contribution is -2.47. The summed E-state index contributed by atoms with van der Waals surface area (Å²) in [5.41, 5.74) is -0.437. The molecular weight excluding hydrogens is 256 g/mol. The molecule has 1 fully saturated rings. The number of carbonyl (C=O) groups excluding carboxylic acids is 1. The molecule has 1 aliphatic carbocycles. The van der Waals surface area contributed by atoms with Crippen molar-refractivity contribution in [3.8, 4) is 0 Å². The van der Waals surface area contributed by atoms with E-state index in [4.69, 9.17) is 9.47 Å². The van der Waals surface area contributed by atoms with Gasteiger partial charge in [-0.05, 0) is 46.1 Å². The number of ether oxygens (including phenoxy) is 2. The zero-order valence-corrected chi connectivity index (χ0v) is 13.7. The molecule has 0 bridgehead atoms. The molecule has 1 saturated carbocycles. The van der Waals surface area contributed by atoms with Crippen LogP contribution in [-0.2, 0) is 9.47 Å². The predicted octanol–water partition coefficient (Wildman–Crippen LogP) is 2.26. The Hall–Kier alpha value is -0.810. The standard InChI is InChI=1S/C15H30N2O3/c1-11(9-16-12-7-13(8-12)19-6)10-17(5)14(18)20-15(2,3)4/h11-13,16H,7-10H2,1-6H3. The van der Waals surface area contributed by atoms with Gasteiger partial charge in [0, 0.05) is 26.7 Å². The molecule has 5 nitrogen and oxygen atoms in total. The van der Waals surface area contributed by atoms with Crippen molar-refractivity contribution in [1.29, 1.82) is 0 Å². The van der Waals surface area contributed by atoms with Crippen LogP contribution in [0.1, 0.15) is 40.5 Å². The van der Waals surface area contributed by atoms with Crippen molar-refractivity contribution < 1.29 is 14.3 Å². The van der Waals surface area contributed by atoms with Crippen molar-refractivity contribution in [2.24, 2.45) is 5.92 Å². The largest absolute Gasteiger partial charge is 0.444 e. The average Bonchev–Trinajstić information content (AvgIpc) is 2.24. The van der Waals surface area contributed by atoms with Crippen molar-refractivity contribution in [3.05, 3.63) is 0 Å². The zero-order chi connectivity index (χ0) is 15.3. The fraction of sp³-hybridized carbons (Fsp3) is 0.933. The first-order valence-electron chi connectivity index (χ1n) is 7.41. The summed E-state index contributed by atoms with van der Waals surface area (Å²) < 4.78 is 10.6. The van der Waals surface area contributed by atoms with E-state index in [1.54, 1.807) is 19.1 Å². The molecule has 1 aliphatic rings. The molecule has 0 aliphatic heterocycles. The Balaban J connectivity index is 2.18. The molecule has 1 unspecified atom stereocenters. The number of rotatable bonds is 6. The van der Waals surface area contributed by atoms with Crippen molar-refractivity contribution >= 4 is 6.09 Å². The first-order chi connectivity index (χ1) is 9.21. The summed E-state index contributed by atoms with van der Waals surface area (Å²) in [4.78, 5) is 13.5. The first-order valence-corrected chi connectivity index (χ1v) is 7.41. The van der Waals surface area contributed by atoms with Crippen LogP contribution in [-0.4, -0.2) is 56.0 Å². The third-order valence-corrected chi connectivity index (χ3v) is 3.47. The Labute approximate surface area is 123 Å². The highest BCUT2D eigenvalue weighted by Gasteiger charge is 2.29. The molecule has 118 valence electrons. The van der Waals surface area contributed by atoms with Crippen LogP contribution >= 0.6 is 0 Å². The molecule has 1 atom stereocenters. The van der Waals surface area contributed by atoms with Crippen LogP contribution in [0.4, 0.5) is 4.79 Å². The van der Waals surface area contributed by atoms with E-state index in [0.29, 0.717) is 24.6 Å². The molecule has 5 heteroatoms. The Kier molecular flexibility index (Phi) is 6.27. The van der Waals surface area contributed by atoms with E-state index in [1.807, 2.05) is 20.8 Å². The number of nitrogens with zero attached hydrogens (tertiary/aromatic N) is 1. The Morgan fingerprint density at radius 3 is 2.50 bits per heavy atom. The van der Waals surface area contributed by atoms with Gasteiger partial charge in [-0.1, -0.05) is 6.92 Å². The smallest absolute Gasteiger partial charge is 0.410 e.